The zero-order chi connectivity index (χ0) is 30.1. The van der Waals surface area contributed by atoms with Gasteiger partial charge in [-0.15, -0.1) is 0 Å². The Balaban J connectivity index is 1.36. The number of nitrogens with one attached hydrogen (secondary N) is 3. The average molecular weight is 628 g/mol. The van der Waals surface area contributed by atoms with Gasteiger partial charge in [0.1, 0.15) is 18.1 Å². The molecule has 9 nitrogen and oxygen atoms in total. The third-order valence-electron chi connectivity index (χ3n) is 6.02. The van der Waals surface area contributed by atoms with E-state index in [2.05, 4.69) is 21.2 Å². The lowest BCUT2D eigenvalue weighted by atomic mass is 9.95. The van der Waals surface area contributed by atoms with Gasteiger partial charge in [-0.25, -0.2) is 10.2 Å². The van der Waals surface area contributed by atoms with Crippen LogP contribution in [0.3, 0.4) is 0 Å². The van der Waals surface area contributed by atoms with E-state index in [1.807, 2.05) is 12.1 Å². The standard InChI is InChI=1S/C30H28Cl2N4O5S/c1-3-39-29(38)27-18(2)34-30(42)35-28(27)23-9-4-5-10-25(23)41-17-26(37)36-33-15-19-7-6-8-22(13-19)40-16-20-11-12-21(31)14-24(20)32/h4-15,28H,3,16-17H2,1-2H3,(H,36,37)(H2,34,35,42)/t28-/m0/s1. The molecule has 0 radical (unpaired) electrons. The number of rotatable bonds is 11. The molecule has 1 amide bonds. The number of nitrogens with zero attached hydrogens (tertiary/aromatic N) is 1. The first-order chi connectivity index (χ1) is 20.2. The molecular weight excluding hydrogens is 599 g/mol. The Hall–Kier alpha value is -4.12. The first-order valence-electron chi connectivity index (χ1n) is 12.9. The van der Waals surface area contributed by atoms with Crippen LogP contribution >= 0.6 is 35.4 Å². The highest BCUT2D eigenvalue weighted by Gasteiger charge is 2.32. The first-order valence-corrected chi connectivity index (χ1v) is 14.1. The Morgan fingerprint density at radius 2 is 1.88 bits per heavy atom. The highest BCUT2D eigenvalue weighted by atomic mass is 35.5. The molecule has 4 rings (SSSR count). The molecule has 3 aromatic rings. The molecule has 0 aromatic heterocycles. The van der Waals surface area contributed by atoms with Crippen molar-refractivity contribution in [3.63, 3.8) is 0 Å². The van der Waals surface area contributed by atoms with E-state index in [1.54, 1.807) is 68.4 Å². The Morgan fingerprint density at radius 1 is 1.07 bits per heavy atom. The van der Waals surface area contributed by atoms with Crippen LogP contribution in [-0.2, 0) is 20.9 Å². The Kier molecular flexibility index (Phi) is 10.8. The SMILES string of the molecule is CCOC(=O)C1=C(C)NC(=S)N[C@H]1c1ccccc1OCC(=O)NN=Cc1cccc(OCc2ccc(Cl)cc2Cl)c1. The van der Waals surface area contributed by atoms with Crippen LogP contribution in [0.2, 0.25) is 10.0 Å². The van der Waals surface area contributed by atoms with Gasteiger partial charge in [0.2, 0.25) is 0 Å². The lowest BCUT2D eigenvalue weighted by Crippen LogP contribution is -2.45. The van der Waals surface area contributed by atoms with Gasteiger partial charge in [-0.05, 0) is 62.0 Å². The van der Waals surface area contributed by atoms with Crippen molar-refractivity contribution in [2.24, 2.45) is 5.10 Å². The number of amides is 1. The fraction of sp³-hybridized carbons (Fsp3) is 0.200. The van der Waals surface area contributed by atoms with Gasteiger partial charge < -0.3 is 24.8 Å². The summed E-state index contributed by atoms with van der Waals surface area (Å²) >= 11 is 17.5. The average Bonchev–Trinajstić information content (AvgIpc) is 2.95. The summed E-state index contributed by atoms with van der Waals surface area (Å²) in [4.78, 5) is 25.2. The van der Waals surface area contributed by atoms with Gasteiger partial charge in [0.05, 0.1) is 24.4 Å². The molecule has 0 saturated heterocycles. The zero-order valence-corrected chi connectivity index (χ0v) is 25.1. The fourth-order valence-electron chi connectivity index (χ4n) is 4.10. The summed E-state index contributed by atoms with van der Waals surface area (Å²) in [6.45, 7) is 3.66. The van der Waals surface area contributed by atoms with Crippen molar-refractivity contribution >= 4 is 58.6 Å². The number of carbonyl (C=O) groups excluding carboxylic acids is 2. The number of benzene rings is 3. The quantitative estimate of drug-likeness (QED) is 0.111. The number of ether oxygens (including phenoxy) is 3. The molecule has 42 heavy (non-hydrogen) atoms. The van der Waals surface area contributed by atoms with E-state index in [1.165, 1.54) is 6.21 Å². The smallest absolute Gasteiger partial charge is 0.338 e. The lowest BCUT2D eigenvalue weighted by Gasteiger charge is -2.30. The van der Waals surface area contributed by atoms with Crippen molar-refractivity contribution < 1.29 is 23.8 Å². The van der Waals surface area contributed by atoms with Gasteiger partial charge in [-0.2, -0.15) is 5.10 Å². The predicted octanol–water partition coefficient (Wildman–Crippen LogP) is 5.46. The summed E-state index contributed by atoms with van der Waals surface area (Å²) in [5, 5.41) is 11.5. The van der Waals surface area contributed by atoms with Crippen LogP contribution in [0.15, 0.2) is 83.1 Å². The summed E-state index contributed by atoms with van der Waals surface area (Å²) in [6.07, 6.45) is 1.49. The van der Waals surface area contributed by atoms with Crippen molar-refractivity contribution in [2.45, 2.75) is 26.5 Å². The van der Waals surface area contributed by atoms with Crippen molar-refractivity contribution in [1.82, 2.24) is 16.1 Å². The summed E-state index contributed by atoms with van der Waals surface area (Å²) in [5.74, 6) is 0.0531. The van der Waals surface area contributed by atoms with E-state index in [0.29, 0.717) is 49.1 Å². The number of para-hydroxylation sites is 1. The molecule has 0 unspecified atom stereocenters. The van der Waals surface area contributed by atoms with E-state index < -0.39 is 17.9 Å². The highest BCUT2D eigenvalue weighted by molar-refractivity contribution is 7.80. The molecule has 3 aromatic carbocycles. The molecule has 1 aliphatic heterocycles. The molecule has 0 aliphatic carbocycles. The minimum Gasteiger partial charge on any atom is -0.489 e. The van der Waals surface area contributed by atoms with E-state index >= 15 is 0 Å². The van der Waals surface area contributed by atoms with Gasteiger partial charge in [0, 0.05) is 26.9 Å². The number of allylic oxidation sites excluding steroid dienone is 1. The first kappa shape index (κ1) is 30.8. The second kappa shape index (κ2) is 14.7. The summed E-state index contributed by atoms with van der Waals surface area (Å²) in [5.41, 5.74) is 5.54. The molecule has 0 fully saturated rings. The van der Waals surface area contributed by atoms with Gasteiger partial charge in [-0.3, -0.25) is 4.79 Å². The lowest BCUT2D eigenvalue weighted by molar-refractivity contribution is -0.139. The predicted molar refractivity (Wildman–Crippen MR) is 166 cm³/mol. The monoisotopic (exact) mass is 626 g/mol. The fourth-order valence-corrected chi connectivity index (χ4v) is 4.83. The Bertz CT molecular complexity index is 1550. The maximum absolute atomic E-state index is 12.7. The van der Waals surface area contributed by atoms with Crippen LogP contribution in [0.5, 0.6) is 11.5 Å². The van der Waals surface area contributed by atoms with Crippen LogP contribution in [0.25, 0.3) is 0 Å². The van der Waals surface area contributed by atoms with Crippen LogP contribution in [0.1, 0.15) is 36.6 Å². The molecule has 12 heteroatoms. The van der Waals surface area contributed by atoms with Crippen molar-refractivity contribution in [1.29, 1.82) is 0 Å². The van der Waals surface area contributed by atoms with E-state index in [0.717, 1.165) is 5.56 Å². The maximum atomic E-state index is 12.7. The molecule has 0 bridgehead atoms. The molecule has 1 aliphatic rings. The maximum Gasteiger partial charge on any atom is 0.338 e. The number of carbonyl (C=O) groups is 2. The van der Waals surface area contributed by atoms with Gasteiger partial charge in [0.25, 0.3) is 5.91 Å². The molecule has 0 spiro atoms. The molecule has 3 N–H and O–H groups in total. The number of hydrazone groups is 1. The second-order valence-corrected chi connectivity index (χ2v) is 10.3. The van der Waals surface area contributed by atoms with Crippen LogP contribution in [-0.4, -0.2) is 36.4 Å². The largest absolute Gasteiger partial charge is 0.489 e. The summed E-state index contributed by atoms with van der Waals surface area (Å²) in [7, 11) is 0. The number of hydrogen-bond donors (Lipinski definition) is 3. The number of halogens is 2. The highest BCUT2D eigenvalue weighted by Crippen LogP contribution is 2.33. The second-order valence-electron chi connectivity index (χ2n) is 9.01. The molecule has 1 atom stereocenters. The topological polar surface area (TPSA) is 110 Å². The van der Waals surface area contributed by atoms with Crippen molar-refractivity contribution in [2.75, 3.05) is 13.2 Å². The van der Waals surface area contributed by atoms with Crippen LogP contribution < -0.4 is 25.5 Å². The molecular formula is C30H28Cl2N4O5S. The Labute approximate surface area is 258 Å². The molecule has 218 valence electrons. The Morgan fingerprint density at radius 3 is 2.67 bits per heavy atom. The summed E-state index contributed by atoms with van der Waals surface area (Å²) < 4.78 is 16.9. The number of esters is 1. The number of hydrogen-bond acceptors (Lipinski definition) is 7. The molecule has 1 heterocycles. The van der Waals surface area contributed by atoms with E-state index in [4.69, 9.17) is 49.6 Å². The normalized spacial score (nSPS) is 14.7. The van der Waals surface area contributed by atoms with Crippen molar-refractivity contribution in [3.8, 4) is 11.5 Å². The van der Waals surface area contributed by atoms with Crippen molar-refractivity contribution in [3.05, 3.63) is 105 Å². The third kappa shape index (κ3) is 8.22. The zero-order valence-electron chi connectivity index (χ0n) is 22.8. The van der Waals surface area contributed by atoms with Gasteiger partial charge in [0.15, 0.2) is 11.7 Å². The van der Waals surface area contributed by atoms with Gasteiger partial charge in [-0.1, -0.05) is 59.6 Å². The third-order valence-corrected chi connectivity index (χ3v) is 6.83. The molecule has 0 saturated carbocycles. The minimum atomic E-state index is -0.625. The van der Waals surface area contributed by atoms with E-state index in [9.17, 15) is 9.59 Å². The minimum absolute atomic E-state index is 0.223. The summed E-state index contributed by atoms with van der Waals surface area (Å²) in [6, 6.07) is 18.9. The van der Waals surface area contributed by atoms with Gasteiger partial charge >= 0.3 is 5.97 Å². The van der Waals surface area contributed by atoms with Crippen LogP contribution in [0, 0.1) is 0 Å². The van der Waals surface area contributed by atoms with E-state index in [-0.39, 0.29) is 19.8 Å². The number of thiocarbonyl (C=S) groups is 1. The van der Waals surface area contributed by atoms with Crippen LogP contribution in [0.4, 0.5) is 0 Å².